The first-order chi connectivity index (χ1) is 15.3. The molecule has 6 nitrogen and oxygen atoms in total. The summed E-state index contributed by atoms with van der Waals surface area (Å²) in [6.45, 7) is 0.335. The summed E-state index contributed by atoms with van der Waals surface area (Å²) in [5, 5.41) is 11.0. The molecule has 1 amide bonds. The summed E-state index contributed by atoms with van der Waals surface area (Å²) in [4.78, 5) is 22.5. The van der Waals surface area contributed by atoms with Gasteiger partial charge in [0, 0.05) is 11.3 Å². The maximum absolute atomic E-state index is 14.4. The Morgan fingerprint density at radius 2 is 1.59 bits per heavy atom. The fourth-order valence-electron chi connectivity index (χ4n) is 3.72. The number of halogens is 3. The van der Waals surface area contributed by atoms with Crippen LogP contribution in [-0.4, -0.2) is 37.0 Å². The van der Waals surface area contributed by atoms with Gasteiger partial charge in [0.25, 0.3) is 0 Å². The molecule has 2 N–H and O–H groups in total. The van der Waals surface area contributed by atoms with Crippen LogP contribution in [0, 0.1) is 29.3 Å². The lowest BCUT2D eigenvalue weighted by molar-refractivity contribution is -0.142. The van der Waals surface area contributed by atoms with Crippen LogP contribution in [0.2, 0.25) is 0 Å². The van der Waals surface area contributed by atoms with Gasteiger partial charge in [-0.3, -0.25) is 5.32 Å². The first-order valence-corrected chi connectivity index (χ1v) is 10.3. The molecule has 0 heterocycles. The second kappa shape index (κ2) is 11.0. The van der Waals surface area contributed by atoms with Crippen molar-refractivity contribution in [2.24, 2.45) is 11.8 Å². The number of hydrogen-bond acceptors (Lipinski definition) is 4. The van der Waals surface area contributed by atoms with E-state index in [0.717, 1.165) is 43.9 Å². The summed E-state index contributed by atoms with van der Waals surface area (Å²) in [5.74, 6) is -3.28. The Morgan fingerprint density at radius 3 is 2.22 bits per heavy atom. The lowest BCUT2D eigenvalue weighted by Crippen LogP contribution is -2.25. The standard InChI is InChI=1S/C23H24F3NO5/c24-19-8-5-16(9-21(19)26)18-7-6-17(10-20(18)25)27-23(30)32-12-15-3-1-14(2-4-15)11-31-13-22(28)29/h5-10,14-15H,1-4,11-13H2,(H,27,30)(H,28,29). The van der Waals surface area contributed by atoms with E-state index in [0.29, 0.717) is 12.5 Å². The molecule has 0 radical (unpaired) electrons. The van der Waals surface area contributed by atoms with Crippen molar-refractivity contribution in [1.29, 1.82) is 0 Å². The van der Waals surface area contributed by atoms with Crippen LogP contribution in [0.25, 0.3) is 11.1 Å². The van der Waals surface area contributed by atoms with Crippen LogP contribution in [-0.2, 0) is 14.3 Å². The number of nitrogens with one attached hydrogen (secondary N) is 1. The van der Waals surface area contributed by atoms with Gasteiger partial charge in [0.1, 0.15) is 12.4 Å². The molecule has 9 heteroatoms. The number of amides is 1. The highest BCUT2D eigenvalue weighted by atomic mass is 19.2. The molecule has 1 fully saturated rings. The van der Waals surface area contributed by atoms with Crippen molar-refractivity contribution in [3.63, 3.8) is 0 Å². The Balaban J connectivity index is 1.44. The summed E-state index contributed by atoms with van der Waals surface area (Å²) >= 11 is 0. The quantitative estimate of drug-likeness (QED) is 0.574. The van der Waals surface area contributed by atoms with Gasteiger partial charge in [0.15, 0.2) is 11.6 Å². The minimum absolute atomic E-state index is 0.0758. The molecule has 172 valence electrons. The largest absolute Gasteiger partial charge is 0.480 e. The summed E-state index contributed by atoms with van der Waals surface area (Å²) in [6, 6.07) is 6.99. The fraction of sp³-hybridized carbons (Fsp3) is 0.391. The molecule has 1 saturated carbocycles. The first kappa shape index (κ1) is 23.6. The second-order valence-corrected chi connectivity index (χ2v) is 7.84. The number of benzene rings is 2. The van der Waals surface area contributed by atoms with E-state index in [2.05, 4.69) is 5.32 Å². The number of ether oxygens (including phenoxy) is 2. The van der Waals surface area contributed by atoms with Gasteiger partial charge in [0.2, 0.25) is 0 Å². The molecule has 3 rings (SSSR count). The average Bonchev–Trinajstić information content (AvgIpc) is 2.75. The third-order valence-corrected chi connectivity index (χ3v) is 5.44. The number of hydrogen-bond donors (Lipinski definition) is 2. The number of carbonyl (C=O) groups is 2. The van der Waals surface area contributed by atoms with Crippen molar-refractivity contribution < 1.29 is 37.3 Å². The van der Waals surface area contributed by atoms with Crippen LogP contribution in [0.4, 0.5) is 23.7 Å². The third kappa shape index (κ3) is 6.71. The van der Waals surface area contributed by atoms with E-state index in [9.17, 15) is 22.8 Å². The minimum atomic E-state index is -1.07. The number of aliphatic carboxylic acids is 1. The van der Waals surface area contributed by atoms with Gasteiger partial charge in [-0.1, -0.05) is 6.07 Å². The van der Waals surface area contributed by atoms with Crippen molar-refractivity contribution in [2.75, 3.05) is 25.1 Å². The molecular formula is C23H24F3NO5. The Morgan fingerprint density at radius 1 is 0.906 bits per heavy atom. The Bertz CT molecular complexity index is 961. The van der Waals surface area contributed by atoms with Crippen molar-refractivity contribution in [3.05, 3.63) is 53.8 Å². The van der Waals surface area contributed by atoms with E-state index in [-0.39, 0.29) is 35.9 Å². The zero-order valence-electron chi connectivity index (χ0n) is 17.3. The van der Waals surface area contributed by atoms with Crippen molar-refractivity contribution >= 4 is 17.7 Å². The van der Waals surface area contributed by atoms with Crippen LogP contribution in [0.15, 0.2) is 36.4 Å². The van der Waals surface area contributed by atoms with E-state index >= 15 is 0 Å². The molecule has 2 aromatic rings. The SMILES string of the molecule is O=C(O)COCC1CCC(COC(=O)Nc2ccc(-c3ccc(F)c(F)c3)c(F)c2)CC1. The summed E-state index contributed by atoms with van der Waals surface area (Å²) in [7, 11) is 0. The van der Waals surface area contributed by atoms with Gasteiger partial charge in [-0.2, -0.15) is 0 Å². The van der Waals surface area contributed by atoms with Crippen LogP contribution in [0.5, 0.6) is 0 Å². The number of carbonyl (C=O) groups excluding carboxylic acids is 1. The normalized spacial score (nSPS) is 18.2. The Hall–Kier alpha value is -3.07. The van der Waals surface area contributed by atoms with Crippen LogP contribution in [0.3, 0.4) is 0 Å². The van der Waals surface area contributed by atoms with E-state index in [4.69, 9.17) is 14.6 Å². The predicted molar refractivity (Wildman–Crippen MR) is 111 cm³/mol. The molecule has 0 aliphatic heterocycles. The van der Waals surface area contributed by atoms with Crippen molar-refractivity contribution in [2.45, 2.75) is 25.7 Å². The van der Waals surface area contributed by atoms with Gasteiger partial charge in [-0.15, -0.1) is 0 Å². The topological polar surface area (TPSA) is 84.9 Å². The fourth-order valence-corrected chi connectivity index (χ4v) is 3.72. The van der Waals surface area contributed by atoms with Gasteiger partial charge in [0.05, 0.1) is 13.2 Å². The maximum Gasteiger partial charge on any atom is 0.411 e. The van der Waals surface area contributed by atoms with E-state index in [1.165, 1.54) is 18.2 Å². The average molecular weight is 451 g/mol. The zero-order valence-corrected chi connectivity index (χ0v) is 17.3. The van der Waals surface area contributed by atoms with E-state index < -0.39 is 29.5 Å². The molecular weight excluding hydrogens is 427 g/mol. The molecule has 2 aromatic carbocycles. The highest BCUT2D eigenvalue weighted by Gasteiger charge is 2.23. The summed E-state index contributed by atoms with van der Waals surface area (Å²) < 4.78 is 51.3. The number of carboxylic acids is 1. The molecule has 0 atom stereocenters. The molecule has 0 bridgehead atoms. The Labute approximate surface area is 183 Å². The second-order valence-electron chi connectivity index (χ2n) is 7.84. The summed E-state index contributed by atoms with van der Waals surface area (Å²) in [6.07, 6.45) is 2.70. The molecule has 0 spiro atoms. The van der Waals surface area contributed by atoms with Gasteiger partial charge < -0.3 is 14.6 Å². The highest BCUT2D eigenvalue weighted by Crippen LogP contribution is 2.30. The molecule has 0 aromatic heterocycles. The smallest absolute Gasteiger partial charge is 0.411 e. The van der Waals surface area contributed by atoms with Crippen LogP contribution >= 0.6 is 0 Å². The maximum atomic E-state index is 14.4. The van der Waals surface area contributed by atoms with E-state index in [1.807, 2.05) is 0 Å². The number of carboxylic acid groups (broad SMARTS) is 1. The summed E-state index contributed by atoms with van der Waals surface area (Å²) in [5.41, 5.74) is 0.435. The van der Waals surface area contributed by atoms with Gasteiger partial charge in [-0.05, 0) is 73.4 Å². The molecule has 1 aliphatic rings. The Kier molecular flexibility index (Phi) is 8.10. The molecule has 32 heavy (non-hydrogen) atoms. The monoisotopic (exact) mass is 451 g/mol. The predicted octanol–water partition coefficient (Wildman–Crippen LogP) is 5.23. The highest BCUT2D eigenvalue weighted by molar-refractivity contribution is 5.85. The third-order valence-electron chi connectivity index (χ3n) is 5.44. The lowest BCUT2D eigenvalue weighted by atomic mass is 9.83. The van der Waals surface area contributed by atoms with Gasteiger partial charge >= 0.3 is 12.1 Å². The van der Waals surface area contributed by atoms with Crippen molar-refractivity contribution in [1.82, 2.24) is 0 Å². The first-order valence-electron chi connectivity index (χ1n) is 10.3. The van der Waals surface area contributed by atoms with Crippen molar-refractivity contribution in [3.8, 4) is 11.1 Å². The van der Waals surface area contributed by atoms with Gasteiger partial charge in [-0.25, -0.2) is 22.8 Å². The number of rotatable bonds is 8. The molecule has 1 aliphatic carbocycles. The van der Waals surface area contributed by atoms with E-state index in [1.54, 1.807) is 0 Å². The number of anilines is 1. The molecule has 0 saturated heterocycles. The lowest BCUT2D eigenvalue weighted by Gasteiger charge is -2.27. The van der Waals surface area contributed by atoms with Crippen LogP contribution < -0.4 is 5.32 Å². The zero-order chi connectivity index (χ0) is 23.1. The minimum Gasteiger partial charge on any atom is -0.480 e. The molecule has 0 unspecified atom stereocenters. The van der Waals surface area contributed by atoms with Crippen LogP contribution in [0.1, 0.15) is 25.7 Å².